The van der Waals surface area contributed by atoms with Crippen LogP contribution in [0.15, 0.2) is 34.2 Å². The van der Waals surface area contributed by atoms with Gasteiger partial charge in [0.25, 0.3) is 0 Å². The second-order valence-electron chi connectivity index (χ2n) is 7.15. The van der Waals surface area contributed by atoms with Gasteiger partial charge >= 0.3 is 0 Å². The first-order chi connectivity index (χ1) is 12.3. The number of aryl methyl sites for hydroxylation is 2. The van der Waals surface area contributed by atoms with Crippen LogP contribution in [0, 0.1) is 6.92 Å². The molecule has 0 saturated carbocycles. The Kier molecular flexibility index (Phi) is 5.18. The fourth-order valence-electron chi connectivity index (χ4n) is 2.45. The molecule has 0 unspecified atom stereocenters. The lowest BCUT2D eigenvalue weighted by molar-refractivity contribution is -0.116. The van der Waals surface area contributed by atoms with Crippen LogP contribution >= 0.6 is 11.3 Å². The van der Waals surface area contributed by atoms with E-state index in [1.807, 2.05) is 5.38 Å². The average Bonchev–Trinajstić information content (AvgIpc) is 3.21. The van der Waals surface area contributed by atoms with Crippen LogP contribution in [0.2, 0.25) is 0 Å². The number of hydrogen-bond acceptors (Lipinski definition) is 6. The summed E-state index contributed by atoms with van der Waals surface area (Å²) in [4.78, 5) is 20.7. The number of nitrogens with zero attached hydrogens (tertiary/aromatic N) is 3. The maximum atomic E-state index is 12.1. The summed E-state index contributed by atoms with van der Waals surface area (Å²) < 4.78 is 5.01. The molecule has 3 rings (SSSR count). The van der Waals surface area contributed by atoms with E-state index in [4.69, 9.17) is 4.52 Å². The first-order valence-corrected chi connectivity index (χ1v) is 9.35. The van der Waals surface area contributed by atoms with E-state index < -0.39 is 0 Å². The summed E-state index contributed by atoms with van der Waals surface area (Å²) in [5.41, 5.74) is 3.30. The van der Waals surface area contributed by atoms with Gasteiger partial charge in [-0.25, -0.2) is 4.98 Å². The van der Waals surface area contributed by atoms with Crippen LogP contribution in [-0.2, 0) is 16.6 Å². The van der Waals surface area contributed by atoms with Gasteiger partial charge in [-0.05, 0) is 17.9 Å². The highest BCUT2D eigenvalue weighted by Crippen LogP contribution is 2.28. The fraction of sp³-hybridized carbons (Fsp3) is 0.368. The molecule has 0 bridgehead atoms. The minimum Gasteiger partial charge on any atom is -0.339 e. The Morgan fingerprint density at radius 2 is 1.92 bits per heavy atom. The molecule has 136 valence electrons. The van der Waals surface area contributed by atoms with Gasteiger partial charge in [0.15, 0.2) is 11.0 Å². The van der Waals surface area contributed by atoms with E-state index in [0.29, 0.717) is 23.3 Å². The van der Waals surface area contributed by atoms with E-state index in [-0.39, 0.29) is 17.7 Å². The predicted octanol–water partition coefficient (Wildman–Crippen LogP) is 4.37. The molecule has 2 aromatic heterocycles. The lowest BCUT2D eigenvalue weighted by Gasteiger charge is -2.18. The van der Waals surface area contributed by atoms with Crippen LogP contribution in [0.5, 0.6) is 0 Å². The number of amides is 1. The zero-order valence-electron chi connectivity index (χ0n) is 15.4. The molecule has 0 spiro atoms. The number of rotatable bonds is 5. The van der Waals surface area contributed by atoms with Gasteiger partial charge in [-0.1, -0.05) is 50.2 Å². The van der Waals surface area contributed by atoms with Gasteiger partial charge in [-0.2, -0.15) is 4.98 Å². The summed E-state index contributed by atoms with van der Waals surface area (Å²) in [6, 6.07) is 8.39. The van der Waals surface area contributed by atoms with Crippen LogP contribution < -0.4 is 5.32 Å². The Morgan fingerprint density at radius 1 is 1.19 bits per heavy atom. The van der Waals surface area contributed by atoms with Gasteiger partial charge in [0.2, 0.25) is 11.8 Å². The molecular weight excluding hydrogens is 348 g/mol. The van der Waals surface area contributed by atoms with E-state index in [0.717, 1.165) is 11.3 Å². The van der Waals surface area contributed by atoms with Crippen molar-refractivity contribution in [2.24, 2.45) is 0 Å². The topological polar surface area (TPSA) is 80.9 Å². The fourth-order valence-corrected chi connectivity index (χ4v) is 3.18. The molecule has 0 aliphatic heterocycles. The van der Waals surface area contributed by atoms with Crippen molar-refractivity contribution >= 4 is 22.4 Å². The maximum absolute atomic E-state index is 12.1. The summed E-state index contributed by atoms with van der Waals surface area (Å²) in [7, 11) is 0. The molecule has 7 heteroatoms. The van der Waals surface area contributed by atoms with E-state index >= 15 is 0 Å². The molecule has 0 radical (unpaired) electrons. The highest BCUT2D eigenvalue weighted by molar-refractivity contribution is 7.14. The zero-order valence-corrected chi connectivity index (χ0v) is 16.2. The van der Waals surface area contributed by atoms with Crippen molar-refractivity contribution in [3.05, 3.63) is 46.9 Å². The SMILES string of the molecule is Cc1noc(CCC(=O)Nc2nc(-c3ccc(C(C)(C)C)cc3)cs2)n1. The molecule has 3 aromatic rings. The van der Waals surface area contributed by atoms with Crippen molar-refractivity contribution in [3.8, 4) is 11.3 Å². The molecule has 1 amide bonds. The Morgan fingerprint density at radius 3 is 2.54 bits per heavy atom. The van der Waals surface area contributed by atoms with Crippen molar-refractivity contribution in [2.45, 2.75) is 46.0 Å². The monoisotopic (exact) mass is 370 g/mol. The second-order valence-corrected chi connectivity index (χ2v) is 8.01. The summed E-state index contributed by atoms with van der Waals surface area (Å²) >= 11 is 1.41. The number of carbonyl (C=O) groups is 1. The van der Waals surface area contributed by atoms with Crippen LogP contribution in [-0.4, -0.2) is 21.0 Å². The van der Waals surface area contributed by atoms with Crippen molar-refractivity contribution in [1.29, 1.82) is 0 Å². The lowest BCUT2D eigenvalue weighted by Crippen LogP contribution is -2.12. The average molecular weight is 370 g/mol. The Bertz CT molecular complexity index is 891. The molecule has 0 aliphatic rings. The molecule has 0 aliphatic carbocycles. The van der Waals surface area contributed by atoms with E-state index in [9.17, 15) is 4.79 Å². The van der Waals surface area contributed by atoms with Gasteiger partial charge in [0.05, 0.1) is 5.69 Å². The summed E-state index contributed by atoms with van der Waals surface area (Å²) in [6.07, 6.45) is 0.690. The number of aromatic nitrogens is 3. The molecule has 1 N–H and O–H groups in total. The van der Waals surface area contributed by atoms with Crippen molar-refractivity contribution < 1.29 is 9.32 Å². The molecular formula is C19H22N4O2S. The molecule has 0 fully saturated rings. The number of hydrogen-bond donors (Lipinski definition) is 1. The van der Waals surface area contributed by atoms with Crippen LogP contribution in [0.3, 0.4) is 0 Å². The lowest BCUT2D eigenvalue weighted by atomic mass is 9.86. The first-order valence-electron chi connectivity index (χ1n) is 8.47. The smallest absolute Gasteiger partial charge is 0.227 e. The molecule has 0 atom stereocenters. The van der Waals surface area contributed by atoms with Crippen molar-refractivity contribution in [2.75, 3.05) is 5.32 Å². The quantitative estimate of drug-likeness (QED) is 0.721. The van der Waals surface area contributed by atoms with Crippen molar-refractivity contribution in [1.82, 2.24) is 15.1 Å². The normalized spacial score (nSPS) is 11.5. The summed E-state index contributed by atoms with van der Waals surface area (Å²) in [6.45, 7) is 8.31. The molecule has 6 nitrogen and oxygen atoms in total. The second kappa shape index (κ2) is 7.37. The zero-order chi connectivity index (χ0) is 18.7. The Balaban J connectivity index is 1.59. The highest BCUT2D eigenvalue weighted by Gasteiger charge is 2.14. The number of anilines is 1. The molecule has 0 saturated heterocycles. The number of nitrogens with one attached hydrogen (secondary N) is 1. The summed E-state index contributed by atoms with van der Waals surface area (Å²) in [5.74, 6) is 0.920. The predicted molar refractivity (Wildman–Crippen MR) is 102 cm³/mol. The molecule has 1 aromatic carbocycles. The minimum absolute atomic E-state index is 0.121. The standard InChI is InChI=1S/C19H22N4O2S/c1-12-20-17(25-23-12)10-9-16(24)22-18-21-15(11-26-18)13-5-7-14(8-6-13)19(2,3)4/h5-8,11H,9-10H2,1-4H3,(H,21,22,24). The van der Waals surface area contributed by atoms with Crippen molar-refractivity contribution in [3.63, 3.8) is 0 Å². The maximum Gasteiger partial charge on any atom is 0.227 e. The van der Waals surface area contributed by atoms with Gasteiger partial charge < -0.3 is 9.84 Å². The van der Waals surface area contributed by atoms with Gasteiger partial charge in [0.1, 0.15) is 0 Å². The van der Waals surface area contributed by atoms with Gasteiger partial charge in [-0.15, -0.1) is 11.3 Å². The third-order valence-electron chi connectivity index (χ3n) is 3.93. The minimum atomic E-state index is -0.121. The van der Waals surface area contributed by atoms with Crippen LogP contribution in [0.4, 0.5) is 5.13 Å². The van der Waals surface area contributed by atoms with Gasteiger partial charge in [-0.3, -0.25) is 4.79 Å². The van der Waals surface area contributed by atoms with E-state index in [1.165, 1.54) is 16.9 Å². The number of thiazole rings is 1. The van der Waals surface area contributed by atoms with Crippen LogP contribution in [0.1, 0.15) is 44.5 Å². The summed E-state index contributed by atoms with van der Waals surface area (Å²) in [5, 5.41) is 9.07. The first kappa shape index (κ1) is 18.3. The van der Waals surface area contributed by atoms with E-state index in [2.05, 4.69) is 65.5 Å². The Hall–Kier alpha value is -2.54. The third kappa shape index (κ3) is 4.54. The Labute approximate surface area is 156 Å². The molecule has 26 heavy (non-hydrogen) atoms. The largest absolute Gasteiger partial charge is 0.339 e. The number of benzene rings is 1. The van der Waals surface area contributed by atoms with Gasteiger partial charge in [0, 0.05) is 23.8 Å². The van der Waals surface area contributed by atoms with E-state index in [1.54, 1.807) is 6.92 Å². The number of carbonyl (C=O) groups excluding carboxylic acids is 1. The van der Waals surface area contributed by atoms with Crippen LogP contribution in [0.25, 0.3) is 11.3 Å². The third-order valence-corrected chi connectivity index (χ3v) is 4.69. The highest BCUT2D eigenvalue weighted by atomic mass is 32.1. The molecule has 2 heterocycles.